The molecular formula is C55H39N3. The largest absolute Gasteiger partial charge is 0.310 e. The Balaban J connectivity index is 1.23. The van der Waals surface area contributed by atoms with Gasteiger partial charge in [0.1, 0.15) is 0 Å². The standard InChI is InChI=1S/C55H39N3/c1-6-20-40(21-7-1)56(41-22-8-2-9-23-41)45-34-36-47-48-37-35-46(57(42-24-10-3-11-25-42)43-26-12-4-13-27-43)39-52(48)55(51(47)38-45)49-30-16-18-32-53(49)58(44-28-14-5-15-29-44)54-33-19-17-31-50(54)55/h1-39H. The van der Waals surface area contributed by atoms with E-state index in [0.29, 0.717) is 0 Å². The average Bonchev–Trinajstić information content (AvgIpc) is 3.58. The number of nitrogens with zero attached hydrogens (tertiary/aromatic N) is 3. The molecule has 0 fully saturated rings. The SMILES string of the molecule is c1ccc(N(c2ccccc2)c2ccc3c(c2)C2(c4cc(N(c5ccccc5)c5ccccc5)ccc4-3)c3ccccc3N(c3ccccc3)c3ccccc32)cc1. The summed E-state index contributed by atoms with van der Waals surface area (Å²) in [5.74, 6) is 0. The Labute approximate surface area is 340 Å². The highest BCUT2D eigenvalue weighted by Gasteiger charge is 2.52. The fourth-order valence-corrected chi connectivity index (χ4v) is 9.46. The van der Waals surface area contributed by atoms with Crippen LogP contribution in [0.3, 0.4) is 0 Å². The van der Waals surface area contributed by atoms with E-state index in [-0.39, 0.29) is 0 Å². The lowest BCUT2D eigenvalue weighted by Crippen LogP contribution is -2.36. The van der Waals surface area contributed by atoms with Crippen LogP contribution >= 0.6 is 0 Å². The Kier molecular flexibility index (Phi) is 8.04. The Morgan fingerprint density at radius 1 is 0.276 bits per heavy atom. The summed E-state index contributed by atoms with van der Waals surface area (Å²) in [6, 6.07) is 86.0. The predicted octanol–water partition coefficient (Wildman–Crippen LogP) is 14.8. The predicted molar refractivity (Wildman–Crippen MR) is 241 cm³/mol. The van der Waals surface area contributed by atoms with Crippen LogP contribution in [0.2, 0.25) is 0 Å². The van der Waals surface area contributed by atoms with Gasteiger partial charge in [-0.05, 0) is 130 Å². The molecule has 0 unspecified atom stereocenters. The van der Waals surface area contributed by atoms with Crippen molar-refractivity contribution < 1.29 is 0 Å². The van der Waals surface area contributed by atoms with Crippen molar-refractivity contribution in [1.29, 1.82) is 0 Å². The molecule has 3 nitrogen and oxygen atoms in total. The lowest BCUT2D eigenvalue weighted by molar-refractivity contribution is 0.752. The second-order valence-electron chi connectivity index (χ2n) is 14.9. The van der Waals surface area contributed by atoms with E-state index in [1.807, 2.05) is 0 Å². The van der Waals surface area contributed by atoms with E-state index >= 15 is 0 Å². The molecule has 0 saturated heterocycles. The normalized spacial score (nSPS) is 12.9. The summed E-state index contributed by atoms with van der Waals surface area (Å²) in [4.78, 5) is 7.21. The topological polar surface area (TPSA) is 9.72 Å². The number of rotatable bonds is 7. The van der Waals surface area contributed by atoms with Gasteiger partial charge in [0.15, 0.2) is 0 Å². The highest BCUT2D eigenvalue weighted by Crippen LogP contribution is 2.64. The molecule has 0 radical (unpaired) electrons. The molecule has 0 atom stereocenters. The molecular weight excluding hydrogens is 703 g/mol. The van der Waals surface area contributed by atoms with Crippen molar-refractivity contribution >= 4 is 51.2 Å². The first-order valence-electron chi connectivity index (χ1n) is 19.9. The van der Waals surface area contributed by atoms with Crippen molar-refractivity contribution in [2.75, 3.05) is 14.7 Å². The molecule has 0 N–H and O–H groups in total. The van der Waals surface area contributed by atoms with Gasteiger partial charge < -0.3 is 14.7 Å². The average molecular weight is 742 g/mol. The van der Waals surface area contributed by atoms with Gasteiger partial charge in [-0.1, -0.05) is 140 Å². The molecule has 9 aromatic carbocycles. The molecule has 0 bridgehead atoms. The van der Waals surface area contributed by atoms with Crippen LogP contribution in [0.1, 0.15) is 22.3 Å². The second kappa shape index (κ2) is 13.8. The first-order chi connectivity index (χ1) is 28.8. The van der Waals surface area contributed by atoms with Crippen LogP contribution in [0.4, 0.5) is 51.2 Å². The maximum atomic E-state index is 2.47. The monoisotopic (exact) mass is 741 g/mol. The smallest absolute Gasteiger partial charge is 0.0755 e. The molecule has 1 spiro atoms. The molecule has 1 heterocycles. The zero-order valence-corrected chi connectivity index (χ0v) is 31.9. The van der Waals surface area contributed by atoms with Gasteiger partial charge >= 0.3 is 0 Å². The number of anilines is 9. The summed E-state index contributed by atoms with van der Waals surface area (Å²) in [5, 5.41) is 0. The molecule has 2 aliphatic rings. The zero-order chi connectivity index (χ0) is 38.5. The minimum absolute atomic E-state index is 0.646. The highest BCUT2D eigenvalue weighted by molar-refractivity contribution is 5.98. The van der Waals surface area contributed by atoms with E-state index in [9.17, 15) is 0 Å². The lowest BCUT2D eigenvalue weighted by Gasteiger charge is -2.45. The van der Waals surface area contributed by atoms with E-state index < -0.39 is 5.41 Å². The number of para-hydroxylation sites is 7. The number of benzene rings is 9. The molecule has 274 valence electrons. The number of hydrogen-bond donors (Lipinski definition) is 0. The van der Waals surface area contributed by atoms with Gasteiger partial charge in [0.25, 0.3) is 0 Å². The Morgan fingerprint density at radius 3 is 0.983 bits per heavy atom. The highest BCUT2D eigenvalue weighted by atomic mass is 15.2. The van der Waals surface area contributed by atoms with Gasteiger partial charge in [-0.3, -0.25) is 0 Å². The molecule has 0 aromatic heterocycles. The minimum atomic E-state index is -0.646. The van der Waals surface area contributed by atoms with Gasteiger partial charge in [-0.2, -0.15) is 0 Å². The molecule has 0 amide bonds. The van der Waals surface area contributed by atoms with Gasteiger partial charge in [-0.25, -0.2) is 0 Å². The molecule has 58 heavy (non-hydrogen) atoms. The van der Waals surface area contributed by atoms with E-state index in [1.54, 1.807) is 0 Å². The summed E-state index contributed by atoms with van der Waals surface area (Å²) >= 11 is 0. The summed E-state index contributed by atoms with van der Waals surface area (Å²) in [6.07, 6.45) is 0. The third kappa shape index (κ3) is 5.21. The van der Waals surface area contributed by atoms with Crippen LogP contribution in [0, 0.1) is 0 Å². The van der Waals surface area contributed by atoms with Gasteiger partial charge in [0, 0.05) is 39.8 Å². The van der Waals surface area contributed by atoms with Crippen molar-refractivity contribution in [3.05, 3.63) is 259 Å². The summed E-state index contributed by atoms with van der Waals surface area (Å²) in [6.45, 7) is 0. The Bertz CT molecular complexity index is 2630. The van der Waals surface area contributed by atoms with E-state index in [1.165, 1.54) is 44.8 Å². The van der Waals surface area contributed by atoms with Gasteiger partial charge in [-0.15, -0.1) is 0 Å². The Morgan fingerprint density at radius 2 is 0.603 bits per heavy atom. The molecule has 1 aliphatic heterocycles. The maximum Gasteiger partial charge on any atom is 0.0755 e. The third-order valence-electron chi connectivity index (χ3n) is 11.8. The van der Waals surface area contributed by atoms with Crippen LogP contribution in [-0.2, 0) is 5.41 Å². The van der Waals surface area contributed by atoms with Gasteiger partial charge in [0.05, 0.1) is 16.8 Å². The van der Waals surface area contributed by atoms with Crippen molar-refractivity contribution in [3.63, 3.8) is 0 Å². The number of hydrogen-bond acceptors (Lipinski definition) is 3. The quantitative estimate of drug-likeness (QED) is 0.161. The summed E-state index contributed by atoms with van der Waals surface area (Å²) in [7, 11) is 0. The third-order valence-corrected chi connectivity index (χ3v) is 11.8. The minimum Gasteiger partial charge on any atom is -0.310 e. The van der Waals surface area contributed by atoms with Gasteiger partial charge in [0.2, 0.25) is 0 Å². The molecule has 0 saturated carbocycles. The molecule has 11 rings (SSSR count). The zero-order valence-electron chi connectivity index (χ0n) is 31.9. The van der Waals surface area contributed by atoms with Crippen LogP contribution in [0.15, 0.2) is 237 Å². The summed E-state index contributed by atoms with van der Waals surface area (Å²) in [5.41, 5.74) is 17.0. The fraction of sp³-hybridized carbons (Fsp3) is 0.0182. The van der Waals surface area contributed by atoms with Crippen LogP contribution in [0.5, 0.6) is 0 Å². The molecule has 9 aromatic rings. The number of fused-ring (bicyclic) bond motifs is 9. The second-order valence-corrected chi connectivity index (χ2v) is 14.9. The van der Waals surface area contributed by atoms with Crippen molar-refractivity contribution in [3.8, 4) is 11.1 Å². The fourth-order valence-electron chi connectivity index (χ4n) is 9.46. The molecule has 3 heteroatoms. The van der Waals surface area contributed by atoms with Crippen molar-refractivity contribution in [2.45, 2.75) is 5.41 Å². The van der Waals surface area contributed by atoms with Crippen LogP contribution in [-0.4, -0.2) is 0 Å². The first kappa shape index (κ1) is 33.7. The van der Waals surface area contributed by atoms with Crippen molar-refractivity contribution in [1.82, 2.24) is 0 Å². The van der Waals surface area contributed by atoms with E-state index in [4.69, 9.17) is 0 Å². The lowest BCUT2D eigenvalue weighted by atomic mass is 9.64. The van der Waals surface area contributed by atoms with Crippen LogP contribution in [0.25, 0.3) is 11.1 Å². The van der Waals surface area contributed by atoms with Crippen LogP contribution < -0.4 is 14.7 Å². The molecule has 1 aliphatic carbocycles. The summed E-state index contributed by atoms with van der Waals surface area (Å²) < 4.78 is 0. The Hall–Kier alpha value is -7.62. The maximum absolute atomic E-state index is 2.47. The first-order valence-corrected chi connectivity index (χ1v) is 19.9. The van der Waals surface area contributed by atoms with E-state index in [2.05, 4.69) is 251 Å². The van der Waals surface area contributed by atoms with Crippen molar-refractivity contribution in [2.24, 2.45) is 0 Å². The van der Waals surface area contributed by atoms with E-state index in [0.717, 1.165) is 39.8 Å².